The monoisotopic (exact) mass is 234 g/mol. The summed E-state index contributed by atoms with van der Waals surface area (Å²) in [6.07, 6.45) is 1.62. The first-order chi connectivity index (χ1) is 8.04. The minimum atomic E-state index is -0.397. The fourth-order valence-electron chi connectivity index (χ4n) is 1.95. The largest absolute Gasteiger partial charge is 0.504 e. The maximum atomic E-state index is 11.6. The summed E-state index contributed by atoms with van der Waals surface area (Å²) in [6, 6.07) is 2.70. The van der Waals surface area contributed by atoms with Crippen molar-refractivity contribution in [3.63, 3.8) is 0 Å². The van der Waals surface area contributed by atoms with Crippen LogP contribution < -0.4 is 5.63 Å². The van der Waals surface area contributed by atoms with Crippen LogP contribution >= 0.6 is 0 Å². The van der Waals surface area contributed by atoms with E-state index in [1.165, 1.54) is 12.1 Å². The summed E-state index contributed by atoms with van der Waals surface area (Å²) >= 11 is 0. The maximum absolute atomic E-state index is 11.6. The van der Waals surface area contributed by atoms with E-state index in [9.17, 15) is 15.0 Å². The zero-order valence-electron chi connectivity index (χ0n) is 9.78. The predicted octanol–water partition coefficient (Wildman–Crippen LogP) is 2.47. The van der Waals surface area contributed by atoms with Gasteiger partial charge in [0.05, 0.1) is 0 Å². The minimum Gasteiger partial charge on any atom is -0.504 e. The van der Waals surface area contributed by atoms with Crippen LogP contribution in [0.2, 0.25) is 0 Å². The molecule has 0 spiro atoms. The van der Waals surface area contributed by atoms with Crippen molar-refractivity contribution < 1.29 is 14.6 Å². The van der Waals surface area contributed by atoms with E-state index in [0.717, 1.165) is 18.4 Å². The van der Waals surface area contributed by atoms with Crippen molar-refractivity contribution in [3.8, 4) is 11.5 Å². The molecular weight excluding hydrogens is 220 g/mol. The van der Waals surface area contributed by atoms with Gasteiger partial charge in [0.2, 0.25) is 0 Å². The molecule has 17 heavy (non-hydrogen) atoms. The lowest BCUT2D eigenvalue weighted by Gasteiger charge is -2.08. The third kappa shape index (κ3) is 1.86. The first-order valence-electron chi connectivity index (χ1n) is 5.52. The van der Waals surface area contributed by atoms with E-state index >= 15 is 0 Å². The van der Waals surface area contributed by atoms with Gasteiger partial charge in [-0.1, -0.05) is 13.3 Å². The first-order valence-corrected chi connectivity index (χ1v) is 5.52. The molecule has 0 amide bonds. The second kappa shape index (κ2) is 4.13. The Bertz CT molecular complexity index is 625. The number of fused-ring (bicyclic) bond motifs is 1. The number of hydrogen-bond acceptors (Lipinski definition) is 4. The minimum absolute atomic E-state index is 0.205. The second-order valence-electron chi connectivity index (χ2n) is 4.08. The van der Waals surface area contributed by atoms with Crippen molar-refractivity contribution in [2.24, 2.45) is 0 Å². The number of aromatic hydroxyl groups is 2. The zero-order valence-corrected chi connectivity index (χ0v) is 9.78. The third-order valence-corrected chi connectivity index (χ3v) is 2.86. The van der Waals surface area contributed by atoms with Gasteiger partial charge in [-0.3, -0.25) is 0 Å². The van der Waals surface area contributed by atoms with Gasteiger partial charge in [-0.25, -0.2) is 4.79 Å². The van der Waals surface area contributed by atoms with Gasteiger partial charge in [0, 0.05) is 17.0 Å². The van der Waals surface area contributed by atoms with Crippen LogP contribution in [-0.4, -0.2) is 10.2 Å². The van der Waals surface area contributed by atoms with E-state index in [4.69, 9.17) is 4.42 Å². The highest BCUT2D eigenvalue weighted by Crippen LogP contribution is 2.32. The van der Waals surface area contributed by atoms with Crippen LogP contribution in [-0.2, 0) is 6.42 Å². The molecule has 90 valence electrons. The number of rotatable bonds is 2. The lowest BCUT2D eigenvalue weighted by Crippen LogP contribution is -2.07. The Morgan fingerprint density at radius 3 is 2.53 bits per heavy atom. The molecule has 0 saturated carbocycles. The summed E-state index contributed by atoms with van der Waals surface area (Å²) in [5, 5.41) is 19.6. The molecule has 0 aliphatic carbocycles. The van der Waals surface area contributed by atoms with Crippen molar-refractivity contribution in [3.05, 3.63) is 33.7 Å². The van der Waals surface area contributed by atoms with Gasteiger partial charge in [0.1, 0.15) is 5.58 Å². The van der Waals surface area contributed by atoms with Crippen LogP contribution in [0.3, 0.4) is 0 Å². The second-order valence-corrected chi connectivity index (χ2v) is 4.08. The highest BCUT2D eigenvalue weighted by atomic mass is 16.4. The van der Waals surface area contributed by atoms with E-state index < -0.39 is 5.63 Å². The van der Waals surface area contributed by atoms with Crippen molar-refractivity contribution in [2.45, 2.75) is 26.7 Å². The van der Waals surface area contributed by atoms with E-state index in [1.807, 2.05) is 6.92 Å². The number of hydrogen-bond donors (Lipinski definition) is 2. The Hall–Kier alpha value is -1.97. The van der Waals surface area contributed by atoms with Crippen molar-refractivity contribution >= 4 is 11.0 Å². The lowest BCUT2D eigenvalue weighted by atomic mass is 10.0. The molecule has 1 aromatic heterocycles. The van der Waals surface area contributed by atoms with Gasteiger partial charge >= 0.3 is 5.63 Å². The van der Waals surface area contributed by atoms with Gasteiger partial charge in [0.15, 0.2) is 11.5 Å². The van der Waals surface area contributed by atoms with Crippen LogP contribution in [0.4, 0.5) is 0 Å². The number of phenolic OH excluding ortho intramolecular Hbond substituents is 2. The quantitative estimate of drug-likeness (QED) is 0.618. The van der Waals surface area contributed by atoms with Crippen molar-refractivity contribution in [2.75, 3.05) is 0 Å². The fourth-order valence-corrected chi connectivity index (χ4v) is 1.95. The molecule has 0 bridgehead atoms. The molecule has 0 radical (unpaired) electrons. The maximum Gasteiger partial charge on any atom is 0.339 e. The van der Waals surface area contributed by atoms with Crippen LogP contribution in [0.25, 0.3) is 11.0 Å². The van der Waals surface area contributed by atoms with E-state index in [-0.39, 0.29) is 11.5 Å². The van der Waals surface area contributed by atoms with Gasteiger partial charge < -0.3 is 14.6 Å². The average molecular weight is 234 g/mol. The molecule has 0 fully saturated rings. The average Bonchev–Trinajstić information content (AvgIpc) is 2.28. The highest BCUT2D eigenvalue weighted by molar-refractivity contribution is 5.84. The van der Waals surface area contributed by atoms with Crippen LogP contribution in [0.5, 0.6) is 11.5 Å². The Labute approximate surface area is 98.1 Å². The Morgan fingerprint density at radius 2 is 1.88 bits per heavy atom. The Balaban J connectivity index is 2.88. The molecule has 4 heteroatoms. The normalized spacial score (nSPS) is 10.9. The molecule has 2 rings (SSSR count). The molecule has 2 aromatic rings. The lowest BCUT2D eigenvalue weighted by molar-refractivity contribution is 0.403. The molecule has 1 aromatic carbocycles. The molecule has 2 N–H and O–H groups in total. The predicted molar refractivity (Wildman–Crippen MR) is 64.5 cm³/mol. The van der Waals surface area contributed by atoms with Crippen molar-refractivity contribution in [1.29, 1.82) is 0 Å². The molecule has 1 heterocycles. The van der Waals surface area contributed by atoms with E-state index in [0.29, 0.717) is 16.5 Å². The zero-order chi connectivity index (χ0) is 12.6. The van der Waals surface area contributed by atoms with Crippen LogP contribution in [0.15, 0.2) is 21.3 Å². The third-order valence-electron chi connectivity index (χ3n) is 2.86. The van der Waals surface area contributed by atoms with Crippen LogP contribution in [0, 0.1) is 6.92 Å². The molecule has 4 nitrogen and oxygen atoms in total. The van der Waals surface area contributed by atoms with Crippen molar-refractivity contribution in [1.82, 2.24) is 0 Å². The fraction of sp³-hybridized carbons (Fsp3) is 0.308. The van der Waals surface area contributed by atoms with Gasteiger partial charge in [-0.05, 0) is 25.0 Å². The van der Waals surface area contributed by atoms with E-state index in [1.54, 1.807) is 6.92 Å². The SMILES string of the molecule is CCCc1c(C)c(=O)oc2cc(O)c(O)cc12. The summed E-state index contributed by atoms with van der Waals surface area (Å²) < 4.78 is 5.09. The molecule has 0 saturated heterocycles. The summed E-state index contributed by atoms with van der Waals surface area (Å²) in [6.45, 7) is 3.72. The summed E-state index contributed by atoms with van der Waals surface area (Å²) in [5.74, 6) is -0.491. The van der Waals surface area contributed by atoms with Gasteiger partial charge in [-0.15, -0.1) is 0 Å². The van der Waals surface area contributed by atoms with Gasteiger partial charge in [0.25, 0.3) is 0 Å². The molecule has 0 aliphatic heterocycles. The van der Waals surface area contributed by atoms with E-state index in [2.05, 4.69) is 0 Å². The first kappa shape index (κ1) is 11.5. The Kier molecular flexibility index (Phi) is 2.79. The topological polar surface area (TPSA) is 70.7 Å². The number of phenols is 2. The number of benzene rings is 1. The molecule has 0 atom stereocenters. The summed E-state index contributed by atoms with van der Waals surface area (Å²) in [4.78, 5) is 11.6. The number of aryl methyl sites for hydroxylation is 1. The smallest absolute Gasteiger partial charge is 0.339 e. The van der Waals surface area contributed by atoms with Crippen LogP contribution in [0.1, 0.15) is 24.5 Å². The molecule has 0 unspecified atom stereocenters. The molecular formula is C13H14O4. The summed E-state index contributed by atoms with van der Waals surface area (Å²) in [5.41, 5.74) is 1.34. The Morgan fingerprint density at radius 1 is 1.24 bits per heavy atom. The summed E-state index contributed by atoms with van der Waals surface area (Å²) in [7, 11) is 0. The molecule has 0 aliphatic rings. The standard InChI is InChI=1S/C13H14O4/c1-3-4-8-7(2)13(16)17-12-6-11(15)10(14)5-9(8)12/h5-6,14-15H,3-4H2,1-2H3. The van der Waals surface area contributed by atoms with Gasteiger partial charge in [-0.2, -0.15) is 0 Å². The highest BCUT2D eigenvalue weighted by Gasteiger charge is 2.13.